The summed E-state index contributed by atoms with van der Waals surface area (Å²) in [7, 11) is 0. The van der Waals surface area contributed by atoms with E-state index in [1.807, 2.05) is 24.3 Å². The van der Waals surface area contributed by atoms with Crippen LogP contribution in [0.3, 0.4) is 0 Å². The number of nitriles is 1. The summed E-state index contributed by atoms with van der Waals surface area (Å²) in [4.78, 5) is 27.5. The molecule has 5 heteroatoms. The Kier molecular flexibility index (Phi) is 4.72. The molecule has 0 spiro atoms. The summed E-state index contributed by atoms with van der Waals surface area (Å²) in [5.41, 5.74) is 0.671. The maximum atomic E-state index is 12.3. The van der Waals surface area contributed by atoms with Crippen LogP contribution in [0.5, 0.6) is 0 Å². The molecule has 104 valence electrons. The maximum absolute atomic E-state index is 12.3. The van der Waals surface area contributed by atoms with Crippen molar-refractivity contribution < 1.29 is 9.59 Å². The van der Waals surface area contributed by atoms with Crippen molar-refractivity contribution in [2.24, 2.45) is 0 Å². The molecule has 1 aliphatic heterocycles. The lowest BCUT2D eigenvalue weighted by Gasteiger charge is -2.21. The monoisotopic (exact) mass is 271 g/mol. The summed E-state index contributed by atoms with van der Waals surface area (Å²) in [6, 6.07) is 11.0. The predicted molar refractivity (Wildman–Crippen MR) is 73.8 cm³/mol. The maximum Gasteiger partial charge on any atom is 0.253 e. The van der Waals surface area contributed by atoms with Crippen LogP contribution in [0.2, 0.25) is 0 Å². The molecule has 2 rings (SSSR count). The van der Waals surface area contributed by atoms with Gasteiger partial charge in [0.1, 0.15) is 6.42 Å². The van der Waals surface area contributed by atoms with E-state index in [0.29, 0.717) is 31.7 Å². The largest absolute Gasteiger partial charge is 0.340 e. The third-order valence-electron chi connectivity index (χ3n) is 3.39. The smallest absolute Gasteiger partial charge is 0.253 e. The number of rotatable bonds is 2. The molecule has 0 saturated carbocycles. The van der Waals surface area contributed by atoms with E-state index < -0.39 is 0 Å². The first-order valence-electron chi connectivity index (χ1n) is 6.71. The number of benzene rings is 1. The summed E-state index contributed by atoms with van der Waals surface area (Å²) in [6.07, 6.45) is 0.655. The van der Waals surface area contributed by atoms with Crippen molar-refractivity contribution in [1.29, 1.82) is 5.26 Å². The lowest BCUT2D eigenvalue weighted by Crippen LogP contribution is -2.37. The molecule has 1 heterocycles. The second kappa shape index (κ2) is 6.71. The summed E-state index contributed by atoms with van der Waals surface area (Å²) < 4.78 is 0. The van der Waals surface area contributed by atoms with Gasteiger partial charge in [-0.3, -0.25) is 9.59 Å². The van der Waals surface area contributed by atoms with Gasteiger partial charge in [-0.1, -0.05) is 18.2 Å². The van der Waals surface area contributed by atoms with E-state index in [9.17, 15) is 9.59 Å². The number of amides is 2. The molecule has 0 aromatic heterocycles. The Morgan fingerprint density at radius 1 is 1.05 bits per heavy atom. The number of hydrogen-bond acceptors (Lipinski definition) is 3. The van der Waals surface area contributed by atoms with Gasteiger partial charge in [0.05, 0.1) is 6.07 Å². The molecule has 1 aromatic rings. The summed E-state index contributed by atoms with van der Waals surface area (Å²) in [5.74, 6) is -0.151. The van der Waals surface area contributed by atoms with Crippen LogP contribution < -0.4 is 0 Å². The zero-order chi connectivity index (χ0) is 14.4. The Bertz CT molecular complexity index is 522. The van der Waals surface area contributed by atoms with Gasteiger partial charge in [-0.25, -0.2) is 0 Å². The van der Waals surface area contributed by atoms with E-state index in [-0.39, 0.29) is 18.2 Å². The number of hydrogen-bond donors (Lipinski definition) is 0. The third-order valence-corrected chi connectivity index (χ3v) is 3.39. The van der Waals surface area contributed by atoms with Gasteiger partial charge in [0.2, 0.25) is 5.91 Å². The molecule has 2 amide bonds. The predicted octanol–water partition coefficient (Wildman–Crippen LogP) is 1.27. The number of carbonyl (C=O) groups is 2. The molecular weight excluding hydrogens is 254 g/mol. The second-order valence-electron chi connectivity index (χ2n) is 4.73. The molecule has 1 aromatic carbocycles. The third kappa shape index (κ3) is 3.35. The Hall–Kier alpha value is -2.35. The van der Waals surface area contributed by atoms with Crippen LogP contribution in [0.4, 0.5) is 0 Å². The molecule has 0 atom stereocenters. The highest BCUT2D eigenvalue weighted by molar-refractivity contribution is 5.94. The van der Waals surface area contributed by atoms with Crippen molar-refractivity contribution >= 4 is 11.8 Å². The van der Waals surface area contributed by atoms with E-state index in [4.69, 9.17) is 5.26 Å². The molecule has 20 heavy (non-hydrogen) atoms. The van der Waals surface area contributed by atoms with E-state index >= 15 is 0 Å². The van der Waals surface area contributed by atoms with Crippen molar-refractivity contribution in [3.05, 3.63) is 35.9 Å². The standard InChI is InChI=1S/C15H17N3O2/c16-8-7-14(19)17-9-4-10-18(12-11-17)15(20)13-5-2-1-3-6-13/h1-3,5-6H,4,7,9-12H2. The first-order valence-corrected chi connectivity index (χ1v) is 6.71. The molecular formula is C15H17N3O2. The van der Waals surface area contributed by atoms with Gasteiger partial charge < -0.3 is 9.80 Å². The fraction of sp³-hybridized carbons (Fsp3) is 0.400. The van der Waals surface area contributed by atoms with Gasteiger partial charge in [0, 0.05) is 31.7 Å². The first kappa shape index (κ1) is 14.1. The van der Waals surface area contributed by atoms with Crippen molar-refractivity contribution in [1.82, 2.24) is 9.80 Å². The van der Waals surface area contributed by atoms with Crippen LogP contribution in [-0.4, -0.2) is 47.8 Å². The van der Waals surface area contributed by atoms with Gasteiger partial charge >= 0.3 is 0 Å². The first-order chi connectivity index (χ1) is 9.72. The van der Waals surface area contributed by atoms with Gasteiger partial charge in [0.15, 0.2) is 0 Å². The number of nitrogens with zero attached hydrogens (tertiary/aromatic N) is 3. The lowest BCUT2D eigenvalue weighted by molar-refractivity contribution is -0.129. The van der Waals surface area contributed by atoms with Gasteiger partial charge in [-0.15, -0.1) is 0 Å². The fourth-order valence-electron chi connectivity index (χ4n) is 2.31. The summed E-state index contributed by atoms with van der Waals surface area (Å²) >= 11 is 0. The molecule has 0 aliphatic carbocycles. The van der Waals surface area contributed by atoms with Crippen molar-refractivity contribution in [3.63, 3.8) is 0 Å². The highest BCUT2D eigenvalue weighted by Crippen LogP contribution is 2.09. The van der Waals surface area contributed by atoms with Gasteiger partial charge in [0.25, 0.3) is 5.91 Å². The molecule has 1 aliphatic rings. The van der Waals surface area contributed by atoms with E-state index in [2.05, 4.69) is 0 Å². The highest BCUT2D eigenvalue weighted by atomic mass is 16.2. The molecule has 0 radical (unpaired) electrons. The minimum absolute atomic E-state index is 0.000169. The lowest BCUT2D eigenvalue weighted by atomic mass is 10.2. The normalized spacial score (nSPS) is 15.3. The zero-order valence-electron chi connectivity index (χ0n) is 11.3. The average Bonchev–Trinajstić information content (AvgIpc) is 2.73. The summed E-state index contributed by atoms with van der Waals surface area (Å²) in [5, 5.41) is 8.56. The van der Waals surface area contributed by atoms with Crippen LogP contribution in [0.1, 0.15) is 23.2 Å². The number of carbonyl (C=O) groups excluding carboxylic acids is 2. The zero-order valence-corrected chi connectivity index (χ0v) is 11.3. The summed E-state index contributed by atoms with van der Waals surface area (Å²) in [6.45, 7) is 2.27. The Labute approximate surface area is 118 Å². The van der Waals surface area contributed by atoms with Crippen LogP contribution in [0.15, 0.2) is 30.3 Å². The molecule has 1 fully saturated rings. The minimum Gasteiger partial charge on any atom is -0.340 e. The van der Waals surface area contributed by atoms with Crippen molar-refractivity contribution in [2.45, 2.75) is 12.8 Å². The SMILES string of the molecule is N#CCC(=O)N1CCCN(C(=O)c2ccccc2)CC1. The highest BCUT2D eigenvalue weighted by Gasteiger charge is 2.22. The topological polar surface area (TPSA) is 64.4 Å². The van der Waals surface area contributed by atoms with Crippen LogP contribution in [-0.2, 0) is 4.79 Å². The van der Waals surface area contributed by atoms with Crippen molar-refractivity contribution in [3.8, 4) is 6.07 Å². The molecule has 5 nitrogen and oxygen atoms in total. The van der Waals surface area contributed by atoms with E-state index in [1.54, 1.807) is 21.9 Å². The van der Waals surface area contributed by atoms with Gasteiger partial charge in [-0.05, 0) is 18.6 Å². The average molecular weight is 271 g/mol. The fourth-order valence-corrected chi connectivity index (χ4v) is 2.31. The van der Waals surface area contributed by atoms with Crippen LogP contribution in [0.25, 0.3) is 0 Å². The minimum atomic E-state index is -0.151. The van der Waals surface area contributed by atoms with Crippen molar-refractivity contribution in [2.75, 3.05) is 26.2 Å². The van der Waals surface area contributed by atoms with Gasteiger partial charge in [-0.2, -0.15) is 5.26 Å². The molecule has 1 saturated heterocycles. The molecule has 0 unspecified atom stereocenters. The molecule has 0 bridgehead atoms. The van der Waals surface area contributed by atoms with E-state index in [0.717, 1.165) is 6.42 Å². The quantitative estimate of drug-likeness (QED) is 0.813. The van der Waals surface area contributed by atoms with E-state index in [1.165, 1.54) is 0 Å². The van der Waals surface area contributed by atoms with Crippen LogP contribution >= 0.6 is 0 Å². The Morgan fingerprint density at radius 3 is 2.40 bits per heavy atom. The Morgan fingerprint density at radius 2 is 1.70 bits per heavy atom. The second-order valence-corrected chi connectivity index (χ2v) is 4.73. The Balaban J connectivity index is 1.98. The molecule has 0 N–H and O–H groups in total. The van der Waals surface area contributed by atoms with Crippen LogP contribution in [0, 0.1) is 11.3 Å².